The standard InChI is InChI=1S/C25H38GeN/c1-18(2)21-13-12-19(3)23(15-21)25-16-24(26(4,5)6)22(17-27(25)7)14-20-10-8-9-11-20/h12-13,15-18,20H,8-11,14H2,1-7H3/q+1. The first-order valence-corrected chi connectivity index (χ1v) is 18.1. The summed E-state index contributed by atoms with van der Waals surface area (Å²) < 4.78 is 4.11. The number of nitrogens with zero attached hydrogens (tertiary/aromatic N) is 1. The maximum absolute atomic E-state index is 2.57. The fraction of sp³-hybridized carbons (Fsp3) is 0.560. The summed E-state index contributed by atoms with van der Waals surface area (Å²) in [4.78, 5) is 0. The van der Waals surface area contributed by atoms with Crippen molar-refractivity contribution >= 4 is 17.7 Å². The molecule has 2 heteroatoms. The molecule has 1 saturated carbocycles. The average molecular weight is 425 g/mol. The molecule has 0 radical (unpaired) electrons. The van der Waals surface area contributed by atoms with Crippen molar-refractivity contribution in [2.75, 3.05) is 0 Å². The molecular formula is C25H38GeN+. The molecule has 1 nitrogen and oxygen atoms in total. The van der Waals surface area contributed by atoms with Crippen LogP contribution in [0.4, 0.5) is 0 Å². The SMILES string of the molecule is Cc1ccc(C(C)C)cc1-c1c[c]([Ge]([CH3])([CH3])[CH3])c(CC2CCCC2)c[n+]1C. The summed E-state index contributed by atoms with van der Waals surface area (Å²) >= 11 is -1.95. The van der Waals surface area contributed by atoms with E-state index in [1.54, 1.807) is 9.96 Å². The van der Waals surface area contributed by atoms with E-state index < -0.39 is 13.3 Å². The van der Waals surface area contributed by atoms with Gasteiger partial charge in [0.1, 0.15) is 0 Å². The molecule has 1 aliphatic carbocycles. The summed E-state index contributed by atoms with van der Waals surface area (Å²) in [6.45, 7) is 6.83. The quantitative estimate of drug-likeness (QED) is 0.416. The normalized spacial score (nSPS) is 15.7. The Morgan fingerprint density at radius 3 is 2.33 bits per heavy atom. The molecule has 3 rings (SSSR count). The number of benzene rings is 1. The van der Waals surface area contributed by atoms with Gasteiger partial charge in [-0.2, -0.15) is 0 Å². The molecule has 1 aromatic carbocycles. The Morgan fingerprint density at radius 2 is 1.74 bits per heavy atom. The predicted molar refractivity (Wildman–Crippen MR) is 121 cm³/mol. The summed E-state index contributed by atoms with van der Waals surface area (Å²) in [5.74, 6) is 9.12. The third kappa shape index (κ3) is 4.67. The molecule has 0 amide bonds. The van der Waals surface area contributed by atoms with E-state index in [1.165, 1.54) is 54.5 Å². The van der Waals surface area contributed by atoms with Gasteiger partial charge in [-0.25, -0.2) is 0 Å². The van der Waals surface area contributed by atoms with Crippen molar-refractivity contribution in [2.45, 2.75) is 76.1 Å². The molecule has 1 aliphatic rings. The molecule has 27 heavy (non-hydrogen) atoms. The van der Waals surface area contributed by atoms with Gasteiger partial charge >= 0.3 is 170 Å². The molecular weight excluding hydrogens is 387 g/mol. The third-order valence-electron chi connectivity index (χ3n) is 6.35. The first kappa shape index (κ1) is 20.6. The van der Waals surface area contributed by atoms with Crippen molar-refractivity contribution in [3.8, 4) is 11.3 Å². The topological polar surface area (TPSA) is 3.88 Å². The van der Waals surface area contributed by atoms with Gasteiger partial charge in [-0.1, -0.05) is 0 Å². The molecule has 1 aromatic heterocycles. The molecule has 1 heterocycles. The van der Waals surface area contributed by atoms with Crippen LogP contribution in [-0.4, -0.2) is 13.3 Å². The second-order valence-corrected chi connectivity index (χ2v) is 20.6. The number of rotatable bonds is 5. The molecule has 1 fully saturated rings. The Kier molecular flexibility index (Phi) is 6.20. The van der Waals surface area contributed by atoms with Crippen LogP contribution in [0.15, 0.2) is 30.5 Å². The number of hydrogen-bond donors (Lipinski definition) is 0. The Bertz CT molecular complexity index is 808. The molecule has 0 aliphatic heterocycles. The first-order chi connectivity index (χ1) is 12.7. The van der Waals surface area contributed by atoms with E-state index in [0.717, 1.165) is 5.92 Å². The summed E-state index contributed by atoms with van der Waals surface area (Å²) in [6.07, 6.45) is 9.48. The monoisotopic (exact) mass is 426 g/mol. The van der Waals surface area contributed by atoms with Gasteiger partial charge in [0.15, 0.2) is 0 Å². The van der Waals surface area contributed by atoms with Crippen molar-refractivity contribution < 1.29 is 4.57 Å². The Labute approximate surface area is 169 Å². The maximum atomic E-state index is 2.57. The van der Waals surface area contributed by atoms with Crippen LogP contribution in [0.1, 0.15) is 62.1 Å². The second-order valence-electron chi connectivity index (χ2n) is 10.0. The zero-order valence-electron chi connectivity index (χ0n) is 18.5. The summed E-state index contributed by atoms with van der Waals surface area (Å²) in [5.41, 5.74) is 7.25. The van der Waals surface area contributed by atoms with Crippen LogP contribution in [-0.2, 0) is 13.5 Å². The van der Waals surface area contributed by atoms with Crippen LogP contribution in [0.25, 0.3) is 11.3 Å². The van der Waals surface area contributed by atoms with Crippen molar-refractivity contribution in [3.05, 3.63) is 47.2 Å². The van der Waals surface area contributed by atoms with E-state index in [2.05, 4.69) is 80.1 Å². The van der Waals surface area contributed by atoms with Crippen LogP contribution >= 0.6 is 0 Å². The molecule has 2 aromatic rings. The third-order valence-corrected chi connectivity index (χ3v) is 10.7. The molecule has 0 spiro atoms. The predicted octanol–water partition coefficient (Wildman–Crippen LogP) is 5.89. The Hall–Kier alpha value is -1.09. The van der Waals surface area contributed by atoms with Crippen molar-refractivity contribution in [1.29, 1.82) is 0 Å². The minimum atomic E-state index is -1.95. The van der Waals surface area contributed by atoms with Gasteiger partial charge in [-0.3, -0.25) is 0 Å². The van der Waals surface area contributed by atoms with E-state index in [0.29, 0.717) is 5.92 Å². The summed E-state index contributed by atoms with van der Waals surface area (Å²) in [5, 5.41) is 0. The van der Waals surface area contributed by atoms with Crippen LogP contribution in [0.5, 0.6) is 0 Å². The number of aromatic nitrogens is 1. The fourth-order valence-corrected chi connectivity index (χ4v) is 8.20. The van der Waals surface area contributed by atoms with Gasteiger partial charge in [0, 0.05) is 0 Å². The van der Waals surface area contributed by atoms with Crippen LogP contribution in [0.3, 0.4) is 0 Å². The molecule has 0 unspecified atom stereocenters. The van der Waals surface area contributed by atoms with E-state index in [1.807, 2.05) is 0 Å². The van der Waals surface area contributed by atoms with E-state index >= 15 is 0 Å². The summed E-state index contributed by atoms with van der Waals surface area (Å²) in [7, 11) is 2.24. The van der Waals surface area contributed by atoms with E-state index in [4.69, 9.17) is 0 Å². The first-order valence-electron chi connectivity index (χ1n) is 10.8. The average Bonchev–Trinajstić information content (AvgIpc) is 3.07. The van der Waals surface area contributed by atoms with Crippen molar-refractivity contribution in [1.82, 2.24) is 0 Å². The van der Waals surface area contributed by atoms with E-state index in [9.17, 15) is 0 Å². The fourth-order valence-electron chi connectivity index (χ4n) is 4.63. The Balaban J connectivity index is 2.11. The van der Waals surface area contributed by atoms with Crippen LogP contribution in [0, 0.1) is 12.8 Å². The molecule has 146 valence electrons. The van der Waals surface area contributed by atoms with Gasteiger partial charge in [0.05, 0.1) is 0 Å². The zero-order chi connectivity index (χ0) is 19.8. The number of pyridine rings is 1. The number of aryl methyl sites for hydroxylation is 2. The number of hydrogen-bond acceptors (Lipinski definition) is 0. The zero-order valence-corrected chi connectivity index (χ0v) is 20.6. The molecule has 0 N–H and O–H groups in total. The van der Waals surface area contributed by atoms with Gasteiger partial charge in [0.2, 0.25) is 0 Å². The molecule has 0 bridgehead atoms. The minimum absolute atomic E-state index is 0.566. The van der Waals surface area contributed by atoms with Gasteiger partial charge in [0.25, 0.3) is 0 Å². The van der Waals surface area contributed by atoms with Crippen LogP contribution in [0.2, 0.25) is 17.3 Å². The van der Waals surface area contributed by atoms with Gasteiger partial charge in [-0.05, 0) is 0 Å². The summed E-state index contributed by atoms with van der Waals surface area (Å²) in [6, 6.07) is 9.58. The van der Waals surface area contributed by atoms with Crippen LogP contribution < -0.4 is 8.96 Å². The van der Waals surface area contributed by atoms with Gasteiger partial charge in [-0.15, -0.1) is 0 Å². The van der Waals surface area contributed by atoms with Gasteiger partial charge < -0.3 is 0 Å². The molecule has 0 atom stereocenters. The Morgan fingerprint density at radius 1 is 1.07 bits per heavy atom. The molecule has 0 saturated heterocycles. The van der Waals surface area contributed by atoms with Crippen molar-refractivity contribution in [3.63, 3.8) is 0 Å². The van der Waals surface area contributed by atoms with E-state index in [-0.39, 0.29) is 0 Å². The van der Waals surface area contributed by atoms with Crippen molar-refractivity contribution in [2.24, 2.45) is 13.0 Å². The second kappa shape index (κ2) is 8.11.